The van der Waals surface area contributed by atoms with E-state index in [0.717, 1.165) is 33.9 Å². The average molecular weight is 291 g/mol. The lowest BCUT2D eigenvalue weighted by Crippen LogP contribution is -1.84. The molecule has 1 aromatic carbocycles. The quantitative estimate of drug-likeness (QED) is 0.587. The van der Waals surface area contributed by atoms with Gasteiger partial charge in [0.1, 0.15) is 17.2 Å². The van der Waals surface area contributed by atoms with Crippen LogP contribution in [0.25, 0.3) is 33.7 Å². The minimum absolute atomic E-state index is 0.236. The molecule has 0 fully saturated rings. The number of phenolic OH excluding ortho intramolecular Hbond substituents is 1. The summed E-state index contributed by atoms with van der Waals surface area (Å²) in [5.74, 6) is 1.84. The van der Waals surface area contributed by atoms with Crippen molar-refractivity contribution in [3.8, 4) is 28.5 Å². The van der Waals surface area contributed by atoms with Crippen molar-refractivity contribution >= 4 is 11.0 Å². The third kappa shape index (κ3) is 2.03. The molecule has 5 heteroatoms. The molecule has 0 aliphatic heterocycles. The maximum absolute atomic E-state index is 9.36. The minimum atomic E-state index is 0.236. The van der Waals surface area contributed by atoms with Crippen molar-refractivity contribution in [3.05, 3.63) is 54.3 Å². The number of nitrogens with zero attached hydrogens (tertiary/aromatic N) is 2. The number of benzene rings is 1. The van der Waals surface area contributed by atoms with E-state index in [1.54, 1.807) is 12.1 Å². The van der Waals surface area contributed by atoms with Gasteiger partial charge in [0.2, 0.25) is 0 Å². The first-order valence-corrected chi connectivity index (χ1v) is 6.92. The van der Waals surface area contributed by atoms with Gasteiger partial charge in [-0.25, -0.2) is 4.98 Å². The van der Waals surface area contributed by atoms with Gasteiger partial charge in [0.15, 0.2) is 11.4 Å². The van der Waals surface area contributed by atoms with E-state index >= 15 is 0 Å². The zero-order valence-corrected chi connectivity index (χ0v) is 11.9. The van der Waals surface area contributed by atoms with Crippen LogP contribution in [0.2, 0.25) is 0 Å². The van der Waals surface area contributed by atoms with Gasteiger partial charge in [0.25, 0.3) is 0 Å². The van der Waals surface area contributed by atoms with E-state index < -0.39 is 0 Å². The number of furan rings is 1. The summed E-state index contributed by atoms with van der Waals surface area (Å²) in [7, 11) is 0. The number of fused-ring (bicyclic) bond motifs is 1. The molecule has 0 atom stereocenters. The van der Waals surface area contributed by atoms with Crippen LogP contribution in [-0.4, -0.2) is 20.3 Å². The minimum Gasteiger partial charge on any atom is -0.508 e. The summed E-state index contributed by atoms with van der Waals surface area (Å²) in [5.41, 5.74) is 3.20. The van der Waals surface area contributed by atoms with Crippen molar-refractivity contribution in [2.75, 3.05) is 0 Å². The molecule has 0 aliphatic rings. The van der Waals surface area contributed by atoms with Crippen LogP contribution in [0, 0.1) is 6.92 Å². The Hall–Kier alpha value is -3.08. The summed E-state index contributed by atoms with van der Waals surface area (Å²) in [6.45, 7) is 1.91. The second kappa shape index (κ2) is 4.73. The molecule has 5 nitrogen and oxygen atoms in total. The molecule has 0 amide bonds. The number of rotatable bonds is 2. The molecule has 22 heavy (non-hydrogen) atoms. The van der Waals surface area contributed by atoms with Crippen molar-refractivity contribution in [3.63, 3.8) is 0 Å². The second-order valence-electron chi connectivity index (χ2n) is 5.12. The number of aromatic nitrogens is 3. The molecule has 3 aromatic heterocycles. The fourth-order valence-corrected chi connectivity index (χ4v) is 2.45. The fourth-order valence-electron chi connectivity index (χ4n) is 2.45. The Balaban J connectivity index is 1.81. The molecule has 0 aliphatic carbocycles. The number of hydrogen-bond acceptors (Lipinski definition) is 4. The van der Waals surface area contributed by atoms with Crippen molar-refractivity contribution in [1.29, 1.82) is 0 Å². The van der Waals surface area contributed by atoms with E-state index in [1.807, 2.05) is 43.3 Å². The fraction of sp³-hybridized carbons (Fsp3) is 0.0588. The van der Waals surface area contributed by atoms with Crippen molar-refractivity contribution in [2.24, 2.45) is 0 Å². The smallest absolute Gasteiger partial charge is 0.182 e. The van der Waals surface area contributed by atoms with Crippen LogP contribution in [-0.2, 0) is 0 Å². The van der Waals surface area contributed by atoms with E-state index in [9.17, 15) is 5.11 Å². The molecule has 108 valence electrons. The molecule has 4 rings (SSSR count). The Bertz CT molecular complexity index is 952. The highest BCUT2D eigenvalue weighted by atomic mass is 16.3. The molecule has 3 heterocycles. The van der Waals surface area contributed by atoms with Crippen molar-refractivity contribution in [2.45, 2.75) is 6.92 Å². The second-order valence-corrected chi connectivity index (χ2v) is 5.12. The summed E-state index contributed by atoms with van der Waals surface area (Å²) in [5, 5.41) is 17.5. The van der Waals surface area contributed by atoms with Gasteiger partial charge in [-0.15, -0.1) is 0 Å². The summed E-state index contributed by atoms with van der Waals surface area (Å²) >= 11 is 0. The Morgan fingerprint density at radius 1 is 1.00 bits per heavy atom. The molecule has 0 bridgehead atoms. The monoisotopic (exact) mass is 291 g/mol. The van der Waals surface area contributed by atoms with Crippen LogP contribution < -0.4 is 0 Å². The van der Waals surface area contributed by atoms with Gasteiger partial charge >= 0.3 is 0 Å². The highest BCUT2D eigenvalue weighted by molar-refractivity contribution is 5.90. The lowest BCUT2D eigenvalue weighted by Gasteiger charge is -2.01. The van der Waals surface area contributed by atoms with Crippen LogP contribution in [0.4, 0.5) is 0 Å². The van der Waals surface area contributed by atoms with E-state index in [0.29, 0.717) is 5.65 Å². The normalized spacial score (nSPS) is 11.1. The highest BCUT2D eigenvalue weighted by Gasteiger charge is 2.12. The average Bonchev–Trinajstić information content (AvgIpc) is 3.13. The number of aromatic amines is 1. The largest absolute Gasteiger partial charge is 0.508 e. The molecule has 2 N–H and O–H groups in total. The Morgan fingerprint density at radius 3 is 2.55 bits per heavy atom. The molecular formula is C17H13N3O2. The number of pyridine rings is 1. The van der Waals surface area contributed by atoms with Gasteiger partial charge in [-0.3, -0.25) is 5.10 Å². The first-order chi connectivity index (χ1) is 10.7. The number of aromatic hydroxyl groups is 1. The number of nitrogens with one attached hydrogen (secondary N) is 1. The number of H-pyrrole nitrogens is 1. The van der Waals surface area contributed by atoms with Crippen LogP contribution in [0.3, 0.4) is 0 Å². The maximum Gasteiger partial charge on any atom is 0.182 e. The van der Waals surface area contributed by atoms with Gasteiger partial charge in [-0.05, 0) is 55.5 Å². The van der Waals surface area contributed by atoms with E-state index in [-0.39, 0.29) is 5.75 Å². The Morgan fingerprint density at radius 2 is 1.82 bits per heavy atom. The van der Waals surface area contributed by atoms with E-state index in [4.69, 9.17) is 4.42 Å². The van der Waals surface area contributed by atoms with Crippen molar-refractivity contribution in [1.82, 2.24) is 15.2 Å². The number of aryl methyl sites for hydroxylation is 1. The standard InChI is InChI=1S/C17H13N3O2/c1-10-2-9-15(22-10)16-13-7-8-14(18-17(13)20-19-16)11-3-5-12(21)6-4-11/h2-9,21H,1H3,(H,18,19,20). The molecular weight excluding hydrogens is 278 g/mol. The first-order valence-electron chi connectivity index (χ1n) is 6.92. The zero-order chi connectivity index (χ0) is 15.1. The lowest BCUT2D eigenvalue weighted by atomic mass is 10.1. The predicted octanol–water partition coefficient (Wildman–Crippen LogP) is 3.90. The molecule has 0 spiro atoms. The summed E-state index contributed by atoms with van der Waals surface area (Å²) in [6.07, 6.45) is 0. The summed E-state index contributed by atoms with van der Waals surface area (Å²) < 4.78 is 5.64. The van der Waals surface area contributed by atoms with Gasteiger partial charge in [-0.2, -0.15) is 5.10 Å². The van der Waals surface area contributed by atoms with E-state index in [2.05, 4.69) is 15.2 Å². The lowest BCUT2D eigenvalue weighted by molar-refractivity contribution is 0.475. The van der Waals surface area contributed by atoms with Crippen LogP contribution in [0.1, 0.15) is 5.76 Å². The third-order valence-electron chi connectivity index (χ3n) is 3.57. The molecule has 0 saturated heterocycles. The molecule has 4 aromatic rings. The maximum atomic E-state index is 9.36. The van der Waals surface area contributed by atoms with Gasteiger partial charge < -0.3 is 9.52 Å². The SMILES string of the molecule is Cc1ccc(-c2[nH]nc3nc(-c4ccc(O)cc4)ccc23)o1. The Kier molecular flexibility index (Phi) is 2.72. The van der Waals surface area contributed by atoms with Gasteiger partial charge in [-0.1, -0.05) is 0 Å². The van der Waals surface area contributed by atoms with Gasteiger partial charge in [0.05, 0.1) is 5.69 Å². The molecule has 0 unspecified atom stereocenters. The topological polar surface area (TPSA) is 74.9 Å². The summed E-state index contributed by atoms with van der Waals surface area (Å²) in [4.78, 5) is 4.56. The van der Waals surface area contributed by atoms with Gasteiger partial charge in [0, 0.05) is 10.9 Å². The zero-order valence-electron chi connectivity index (χ0n) is 11.9. The molecule has 0 saturated carbocycles. The highest BCUT2D eigenvalue weighted by Crippen LogP contribution is 2.29. The van der Waals surface area contributed by atoms with Crippen LogP contribution in [0.15, 0.2) is 52.9 Å². The van der Waals surface area contributed by atoms with Crippen molar-refractivity contribution < 1.29 is 9.52 Å². The number of hydrogen-bond donors (Lipinski definition) is 2. The van der Waals surface area contributed by atoms with Crippen LogP contribution in [0.5, 0.6) is 5.75 Å². The Labute approximate surface area is 126 Å². The summed E-state index contributed by atoms with van der Waals surface area (Å²) in [6, 6.07) is 14.7. The predicted molar refractivity (Wildman–Crippen MR) is 83.4 cm³/mol. The third-order valence-corrected chi connectivity index (χ3v) is 3.57. The van der Waals surface area contributed by atoms with E-state index in [1.165, 1.54) is 0 Å². The first kappa shape index (κ1) is 12.6. The molecule has 0 radical (unpaired) electrons. The van der Waals surface area contributed by atoms with Crippen LogP contribution >= 0.6 is 0 Å². The number of phenols is 1.